The number of rotatable bonds is 3. The lowest BCUT2D eigenvalue weighted by Gasteiger charge is -2.17. The van der Waals surface area contributed by atoms with E-state index in [1.165, 1.54) is 65.7 Å². The van der Waals surface area contributed by atoms with Gasteiger partial charge in [-0.15, -0.1) is 0 Å². The molecule has 2 heteroatoms. The first-order valence-corrected chi connectivity index (χ1v) is 14.3. The Bertz CT molecular complexity index is 2450. The monoisotopic (exact) mass is 532 g/mol. The third kappa shape index (κ3) is 3.45. The maximum absolute atomic E-state index is 4.76. The number of benzene rings is 7. The minimum Gasteiger partial charge on any atom is -0.256 e. The van der Waals surface area contributed by atoms with Crippen LogP contribution < -0.4 is 0 Å². The van der Waals surface area contributed by atoms with E-state index in [1.807, 2.05) is 24.5 Å². The van der Waals surface area contributed by atoms with Crippen LogP contribution in [0, 0.1) is 0 Å². The van der Waals surface area contributed by atoms with E-state index >= 15 is 0 Å². The Balaban J connectivity index is 1.22. The number of pyridine rings is 2. The molecule has 0 aliphatic carbocycles. The van der Waals surface area contributed by atoms with Gasteiger partial charge in [-0.25, -0.2) is 0 Å². The molecular weight excluding hydrogens is 508 g/mol. The van der Waals surface area contributed by atoms with Gasteiger partial charge in [0.05, 0.1) is 11.0 Å². The zero-order valence-corrected chi connectivity index (χ0v) is 22.8. The summed E-state index contributed by atoms with van der Waals surface area (Å²) >= 11 is 0. The first kappa shape index (κ1) is 23.1. The highest BCUT2D eigenvalue weighted by molar-refractivity contribution is 6.28. The number of hydrogen-bond donors (Lipinski definition) is 0. The molecule has 0 saturated carbocycles. The van der Waals surface area contributed by atoms with E-state index in [0.717, 1.165) is 21.8 Å². The Kier molecular flexibility index (Phi) is 4.93. The van der Waals surface area contributed by atoms with Crippen molar-refractivity contribution in [2.45, 2.75) is 0 Å². The van der Waals surface area contributed by atoms with Crippen molar-refractivity contribution in [1.29, 1.82) is 0 Å². The van der Waals surface area contributed by atoms with Gasteiger partial charge in [-0.05, 0) is 84.4 Å². The Morgan fingerprint density at radius 1 is 0.357 bits per heavy atom. The second kappa shape index (κ2) is 8.95. The van der Waals surface area contributed by atoms with E-state index in [4.69, 9.17) is 4.98 Å². The summed E-state index contributed by atoms with van der Waals surface area (Å²) in [7, 11) is 0. The van der Waals surface area contributed by atoms with Gasteiger partial charge in [0.1, 0.15) is 0 Å². The molecule has 9 aromatic rings. The molecule has 2 aromatic heterocycles. The molecular formula is C40H24N2. The van der Waals surface area contributed by atoms with Crippen LogP contribution in [0.25, 0.3) is 87.5 Å². The smallest absolute Gasteiger partial charge is 0.0780 e. The van der Waals surface area contributed by atoms with Crippen molar-refractivity contribution in [2.24, 2.45) is 0 Å². The van der Waals surface area contributed by atoms with Gasteiger partial charge in [0.15, 0.2) is 0 Å². The zero-order valence-electron chi connectivity index (χ0n) is 22.8. The van der Waals surface area contributed by atoms with Gasteiger partial charge in [-0.2, -0.15) is 0 Å². The van der Waals surface area contributed by atoms with Gasteiger partial charge in [0.25, 0.3) is 0 Å². The van der Waals surface area contributed by atoms with Crippen LogP contribution in [0.4, 0.5) is 0 Å². The van der Waals surface area contributed by atoms with Crippen molar-refractivity contribution >= 4 is 54.1 Å². The fraction of sp³-hybridized carbons (Fsp3) is 0. The maximum Gasteiger partial charge on any atom is 0.0780 e. The molecule has 0 aliphatic rings. The van der Waals surface area contributed by atoms with Gasteiger partial charge in [-0.3, -0.25) is 9.97 Å². The van der Waals surface area contributed by atoms with Crippen molar-refractivity contribution < 1.29 is 0 Å². The number of para-hydroxylation sites is 1. The van der Waals surface area contributed by atoms with Crippen LogP contribution in [0.5, 0.6) is 0 Å². The minimum atomic E-state index is 1.02. The van der Waals surface area contributed by atoms with Crippen LogP contribution in [-0.4, -0.2) is 9.97 Å². The van der Waals surface area contributed by atoms with Gasteiger partial charge < -0.3 is 0 Å². The molecule has 0 amide bonds. The number of fused-ring (bicyclic) bond motifs is 2. The Hall–Kier alpha value is -5.60. The molecule has 9 rings (SSSR count). The van der Waals surface area contributed by atoms with E-state index in [-0.39, 0.29) is 0 Å². The lowest BCUT2D eigenvalue weighted by atomic mass is 9.87. The molecule has 0 spiro atoms. The predicted molar refractivity (Wildman–Crippen MR) is 177 cm³/mol. The van der Waals surface area contributed by atoms with E-state index < -0.39 is 0 Å². The fourth-order valence-electron chi connectivity index (χ4n) is 6.71. The second-order valence-corrected chi connectivity index (χ2v) is 11.0. The quantitative estimate of drug-likeness (QED) is 0.212. The third-order valence-corrected chi connectivity index (χ3v) is 8.72. The fourth-order valence-corrected chi connectivity index (χ4v) is 6.71. The highest BCUT2D eigenvalue weighted by Crippen LogP contribution is 2.43. The molecule has 0 aliphatic heterocycles. The number of hydrogen-bond acceptors (Lipinski definition) is 2. The molecule has 42 heavy (non-hydrogen) atoms. The molecule has 7 aromatic carbocycles. The Morgan fingerprint density at radius 2 is 0.976 bits per heavy atom. The molecule has 0 radical (unpaired) electrons. The van der Waals surface area contributed by atoms with E-state index in [9.17, 15) is 0 Å². The number of aromatic nitrogens is 2. The molecule has 0 bridgehead atoms. The zero-order chi connectivity index (χ0) is 27.6. The summed E-state index contributed by atoms with van der Waals surface area (Å²) < 4.78 is 0. The van der Waals surface area contributed by atoms with E-state index in [2.05, 4.69) is 126 Å². The topological polar surface area (TPSA) is 25.8 Å². The van der Waals surface area contributed by atoms with Crippen LogP contribution in [0.15, 0.2) is 146 Å². The van der Waals surface area contributed by atoms with Crippen LogP contribution in [0.3, 0.4) is 0 Å². The molecule has 0 atom stereocenters. The van der Waals surface area contributed by atoms with Crippen LogP contribution in [0.1, 0.15) is 0 Å². The number of nitrogens with zero attached hydrogens (tertiary/aromatic N) is 2. The third-order valence-electron chi connectivity index (χ3n) is 8.72. The molecule has 2 nitrogen and oxygen atoms in total. The normalized spacial score (nSPS) is 11.8. The standard InChI is InChI=1S/C40H24N2/c1-4-29-5-2-23-42-40(29)36(7-1)33-18-13-28-14-19-34-32(17-12-27-15-20-35(33)39(28)38(27)34)26-10-8-25(9-11-26)30-16-21-37-31(24-30)6-3-22-41-37/h1-24H. The molecule has 0 saturated heterocycles. The van der Waals surface area contributed by atoms with Gasteiger partial charge in [-0.1, -0.05) is 109 Å². The first-order chi connectivity index (χ1) is 20.8. The van der Waals surface area contributed by atoms with Crippen molar-refractivity contribution in [3.05, 3.63) is 146 Å². The largest absolute Gasteiger partial charge is 0.256 e. The lowest BCUT2D eigenvalue weighted by molar-refractivity contribution is 1.41. The van der Waals surface area contributed by atoms with E-state index in [1.54, 1.807) is 0 Å². The molecule has 0 unspecified atom stereocenters. The van der Waals surface area contributed by atoms with Gasteiger partial charge in [0.2, 0.25) is 0 Å². The summed E-state index contributed by atoms with van der Waals surface area (Å²) in [5.41, 5.74) is 9.34. The summed E-state index contributed by atoms with van der Waals surface area (Å²) in [6.07, 6.45) is 3.73. The predicted octanol–water partition coefficient (Wildman–Crippen LogP) is 10.7. The SMILES string of the molecule is c1cnc2ccc(-c3ccc(-c4ccc5ccc6c(-c7cccc8cccnc78)ccc7ccc4c5c76)cc3)cc2c1. The van der Waals surface area contributed by atoms with Crippen molar-refractivity contribution in [3.8, 4) is 33.4 Å². The van der Waals surface area contributed by atoms with Crippen molar-refractivity contribution in [2.75, 3.05) is 0 Å². The Labute approximate surface area is 242 Å². The molecule has 0 N–H and O–H groups in total. The molecule has 2 heterocycles. The second-order valence-electron chi connectivity index (χ2n) is 11.0. The minimum absolute atomic E-state index is 1.02. The average molecular weight is 533 g/mol. The first-order valence-electron chi connectivity index (χ1n) is 14.3. The summed E-state index contributed by atoms with van der Waals surface area (Å²) in [6, 6.07) is 48.3. The van der Waals surface area contributed by atoms with Crippen molar-refractivity contribution in [1.82, 2.24) is 9.97 Å². The maximum atomic E-state index is 4.76. The van der Waals surface area contributed by atoms with Crippen LogP contribution >= 0.6 is 0 Å². The van der Waals surface area contributed by atoms with Gasteiger partial charge >= 0.3 is 0 Å². The molecule has 194 valence electrons. The highest BCUT2D eigenvalue weighted by atomic mass is 14.7. The summed E-state index contributed by atoms with van der Waals surface area (Å²) in [4.78, 5) is 9.23. The molecule has 0 fully saturated rings. The lowest BCUT2D eigenvalue weighted by Crippen LogP contribution is -1.90. The summed E-state index contributed by atoms with van der Waals surface area (Å²) in [5, 5.41) is 10.0. The summed E-state index contributed by atoms with van der Waals surface area (Å²) in [6.45, 7) is 0. The van der Waals surface area contributed by atoms with Gasteiger partial charge in [0, 0.05) is 28.7 Å². The van der Waals surface area contributed by atoms with E-state index in [0.29, 0.717) is 0 Å². The van der Waals surface area contributed by atoms with Crippen LogP contribution in [-0.2, 0) is 0 Å². The summed E-state index contributed by atoms with van der Waals surface area (Å²) in [5.74, 6) is 0. The highest BCUT2D eigenvalue weighted by Gasteiger charge is 2.16. The average Bonchev–Trinajstić information content (AvgIpc) is 3.06. The van der Waals surface area contributed by atoms with Crippen LogP contribution in [0.2, 0.25) is 0 Å². The van der Waals surface area contributed by atoms with Crippen molar-refractivity contribution in [3.63, 3.8) is 0 Å². The Morgan fingerprint density at radius 3 is 1.79 bits per heavy atom.